The van der Waals surface area contributed by atoms with Gasteiger partial charge < -0.3 is 5.32 Å². The molecule has 1 rings (SSSR count). The molecule has 0 aliphatic rings. The van der Waals surface area contributed by atoms with Crippen LogP contribution >= 0.6 is 11.3 Å². The Morgan fingerprint density at radius 3 is 2.67 bits per heavy atom. The fourth-order valence-electron chi connectivity index (χ4n) is 1.58. The summed E-state index contributed by atoms with van der Waals surface area (Å²) in [5.41, 5.74) is 1.04. The average molecular weight is 290 g/mol. The smallest absolute Gasteiger partial charge is 0.252 e. The first-order chi connectivity index (χ1) is 8.52. The third-order valence-electron chi connectivity index (χ3n) is 2.59. The maximum absolute atomic E-state index is 12.2. The van der Waals surface area contributed by atoms with E-state index in [-0.39, 0.29) is 0 Å². The van der Waals surface area contributed by atoms with Gasteiger partial charge in [0.2, 0.25) is 0 Å². The zero-order valence-electron chi connectivity index (χ0n) is 11.3. The quantitative estimate of drug-likeness (QED) is 0.747. The van der Waals surface area contributed by atoms with E-state index < -0.39 is 10.0 Å². The van der Waals surface area contributed by atoms with Crippen LogP contribution in [0.15, 0.2) is 15.7 Å². The Kier molecular flexibility index (Phi) is 6.28. The summed E-state index contributed by atoms with van der Waals surface area (Å²) in [4.78, 5) is 0. The standard InChI is InChI=1S/C12H22N2O2S2/c1-4-6-13-9-11-8-12(17-10-11)18(15,16)14(3)7-5-2/h8,10,13H,4-7,9H2,1-3H3. The Morgan fingerprint density at radius 1 is 1.33 bits per heavy atom. The highest BCUT2D eigenvalue weighted by Crippen LogP contribution is 2.23. The van der Waals surface area contributed by atoms with Crippen molar-refractivity contribution < 1.29 is 8.42 Å². The summed E-state index contributed by atoms with van der Waals surface area (Å²) in [5.74, 6) is 0. The van der Waals surface area contributed by atoms with E-state index in [4.69, 9.17) is 0 Å². The zero-order valence-corrected chi connectivity index (χ0v) is 12.9. The Labute approximate surface area is 114 Å². The van der Waals surface area contributed by atoms with E-state index in [1.165, 1.54) is 15.6 Å². The molecule has 0 saturated heterocycles. The summed E-state index contributed by atoms with van der Waals surface area (Å²) in [5, 5.41) is 5.18. The molecule has 0 aliphatic carbocycles. The van der Waals surface area contributed by atoms with Crippen LogP contribution in [-0.2, 0) is 16.6 Å². The van der Waals surface area contributed by atoms with E-state index in [0.717, 1.165) is 31.5 Å². The highest BCUT2D eigenvalue weighted by Gasteiger charge is 2.21. The molecule has 0 bridgehead atoms. The van der Waals surface area contributed by atoms with E-state index in [1.807, 2.05) is 12.3 Å². The monoisotopic (exact) mass is 290 g/mol. The van der Waals surface area contributed by atoms with Crippen LogP contribution < -0.4 is 5.32 Å². The Bertz CT molecular complexity index is 454. The summed E-state index contributed by atoms with van der Waals surface area (Å²) >= 11 is 1.30. The lowest BCUT2D eigenvalue weighted by Gasteiger charge is -2.14. The van der Waals surface area contributed by atoms with Crippen LogP contribution in [0.4, 0.5) is 0 Å². The first-order valence-electron chi connectivity index (χ1n) is 6.26. The van der Waals surface area contributed by atoms with Gasteiger partial charge in [-0.3, -0.25) is 0 Å². The first-order valence-corrected chi connectivity index (χ1v) is 8.58. The van der Waals surface area contributed by atoms with Gasteiger partial charge in [-0.2, -0.15) is 0 Å². The molecule has 0 aliphatic heterocycles. The molecule has 1 aromatic rings. The zero-order chi connectivity index (χ0) is 13.6. The van der Waals surface area contributed by atoms with Crippen LogP contribution in [0.25, 0.3) is 0 Å². The van der Waals surface area contributed by atoms with E-state index >= 15 is 0 Å². The summed E-state index contributed by atoms with van der Waals surface area (Å²) in [6.07, 6.45) is 1.90. The lowest BCUT2D eigenvalue weighted by atomic mass is 10.3. The summed E-state index contributed by atoms with van der Waals surface area (Å²) in [6.45, 7) is 6.32. The van der Waals surface area contributed by atoms with Crippen molar-refractivity contribution >= 4 is 21.4 Å². The van der Waals surface area contributed by atoms with Gasteiger partial charge in [-0.1, -0.05) is 13.8 Å². The molecule has 0 saturated carbocycles. The van der Waals surface area contributed by atoms with Gasteiger partial charge in [-0.05, 0) is 36.4 Å². The third-order valence-corrected chi connectivity index (χ3v) is 5.91. The number of hydrogen-bond donors (Lipinski definition) is 1. The molecule has 18 heavy (non-hydrogen) atoms. The van der Waals surface area contributed by atoms with E-state index in [9.17, 15) is 8.42 Å². The normalized spacial score (nSPS) is 12.2. The van der Waals surface area contributed by atoms with Crippen LogP contribution in [0.3, 0.4) is 0 Å². The molecule has 1 aromatic heterocycles. The van der Waals surface area contributed by atoms with Crippen molar-refractivity contribution in [3.63, 3.8) is 0 Å². The molecule has 1 heterocycles. The van der Waals surface area contributed by atoms with Crippen molar-refractivity contribution in [1.82, 2.24) is 9.62 Å². The van der Waals surface area contributed by atoms with Crippen molar-refractivity contribution in [3.8, 4) is 0 Å². The molecular formula is C12H22N2O2S2. The van der Waals surface area contributed by atoms with Crippen molar-refractivity contribution in [2.24, 2.45) is 0 Å². The van der Waals surface area contributed by atoms with E-state index in [0.29, 0.717) is 10.8 Å². The van der Waals surface area contributed by atoms with Crippen molar-refractivity contribution in [2.45, 2.75) is 37.4 Å². The molecule has 0 unspecified atom stereocenters. The van der Waals surface area contributed by atoms with Gasteiger partial charge in [0.05, 0.1) is 0 Å². The minimum atomic E-state index is -3.29. The van der Waals surface area contributed by atoms with Gasteiger partial charge in [-0.25, -0.2) is 12.7 Å². The highest BCUT2D eigenvalue weighted by molar-refractivity contribution is 7.91. The van der Waals surface area contributed by atoms with Gasteiger partial charge in [-0.15, -0.1) is 11.3 Å². The molecule has 0 radical (unpaired) electrons. The summed E-state index contributed by atoms with van der Waals surface area (Å²) in [6, 6.07) is 1.77. The fraction of sp³-hybridized carbons (Fsp3) is 0.667. The minimum Gasteiger partial charge on any atom is -0.313 e. The van der Waals surface area contributed by atoms with Crippen LogP contribution in [0, 0.1) is 0 Å². The second-order valence-electron chi connectivity index (χ2n) is 4.28. The topological polar surface area (TPSA) is 49.4 Å². The predicted octanol–water partition coefficient (Wildman–Crippen LogP) is 2.28. The van der Waals surface area contributed by atoms with E-state index in [2.05, 4.69) is 12.2 Å². The second-order valence-corrected chi connectivity index (χ2v) is 7.46. The fourth-order valence-corrected chi connectivity index (χ4v) is 4.26. The largest absolute Gasteiger partial charge is 0.313 e. The molecule has 0 atom stereocenters. The van der Waals surface area contributed by atoms with Crippen LogP contribution in [0.1, 0.15) is 32.3 Å². The molecule has 1 N–H and O–H groups in total. The first kappa shape index (κ1) is 15.6. The lowest BCUT2D eigenvalue weighted by molar-refractivity contribution is 0.470. The number of sulfonamides is 1. The minimum absolute atomic E-state index is 0.437. The molecule has 0 amide bonds. The van der Waals surface area contributed by atoms with Gasteiger partial charge in [0.1, 0.15) is 4.21 Å². The third kappa shape index (κ3) is 4.05. The average Bonchev–Trinajstić information content (AvgIpc) is 2.79. The summed E-state index contributed by atoms with van der Waals surface area (Å²) in [7, 11) is -1.65. The second kappa shape index (κ2) is 7.23. The summed E-state index contributed by atoms with van der Waals surface area (Å²) < 4.78 is 26.2. The number of hydrogen-bond acceptors (Lipinski definition) is 4. The maximum atomic E-state index is 12.2. The predicted molar refractivity (Wildman–Crippen MR) is 76.4 cm³/mol. The van der Waals surface area contributed by atoms with Gasteiger partial charge >= 0.3 is 0 Å². The molecule has 0 aromatic carbocycles. The van der Waals surface area contributed by atoms with Gasteiger partial charge in [0.15, 0.2) is 0 Å². The van der Waals surface area contributed by atoms with Crippen molar-refractivity contribution in [1.29, 1.82) is 0 Å². The van der Waals surface area contributed by atoms with Gasteiger partial charge in [0.25, 0.3) is 10.0 Å². The number of nitrogens with one attached hydrogen (secondary N) is 1. The van der Waals surface area contributed by atoms with E-state index in [1.54, 1.807) is 13.1 Å². The molecule has 0 fully saturated rings. The Hall–Kier alpha value is -0.430. The Balaban J connectivity index is 2.72. The van der Waals surface area contributed by atoms with Crippen LogP contribution in [-0.4, -0.2) is 32.9 Å². The number of thiophene rings is 1. The molecule has 104 valence electrons. The van der Waals surface area contributed by atoms with Crippen molar-refractivity contribution in [3.05, 3.63) is 17.0 Å². The lowest BCUT2D eigenvalue weighted by Crippen LogP contribution is -2.26. The molecular weight excluding hydrogens is 268 g/mol. The molecule has 6 heteroatoms. The Morgan fingerprint density at radius 2 is 2.06 bits per heavy atom. The highest BCUT2D eigenvalue weighted by atomic mass is 32.2. The number of nitrogens with zero attached hydrogens (tertiary/aromatic N) is 1. The van der Waals surface area contributed by atoms with Crippen LogP contribution in [0.5, 0.6) is 0 Å². The maximum Gasteiger partial charge on any atom is 0.252 e. The SMILES string of the molecule is CCCNCc1csc(S(=O)(=O)N(C)CCC)c1. The van der Waals surface area contributed by atoms with Crippen LogP contribution in [0.2, 0.25) is 0 Å². The van der Waals surface area contributed by atoms with Crippen molar-refractivity contribution in [2.75, 3.05) is 20.1 Å². The molecule has 0 spiro atoms. The van der Waals surface area contributed by atoms with Gasteiger partial charge in [0, 0.05) is 20.1 Å². The number of rotatable bonds is 8. The molecule has 4 nitrogen and oxygen atoms in total.